The summed E-state index contributed by atoms with van der Waals surface area (Å²) in [5.74, 6) is 0.239. The van der Waals surface area contributed by atoms with Gasteiger partial charge in [-0.25, -0.2) is 9.37 Å². The van der Waals surface area contributed by atoms with Crippen LogP contribution in [0.25, 0.3) is 11.5 Å². The van der Waals surface area contributed by atoms with Crippen LogP contribution in [0.5, 0.6) is 0 Å². The Balaban J connectivity index is 1.67. The lowest BCUT2D eigenvalue weighted by Crippen LogP contribution is -2.48. The van der Waals surface area contributed by atoms with Crippen molar-refractivity contribution in [3.8, 4) is 11.5 Å². The van der Waals surface area contributed by atoms with Crippen molar-refractivity contribution in [2.75, 3.05) is 20.2 Å². The Kier molecular flexibility index (Phi) is 5.05. The minimum Gasteiger partial charge on any atom is -0.444 e. The fourth-order valence-corrected chi connectivity index (χ4v) is 3.04. The monoisotopic (exact) mass is 319 g/mol. The number of rotatable bonds is 5. The first-order valence-corrected chi connectivity index (χ1v) is 7.87. The van der Waals surface area contributed by atoms with Crippen LogP contribution in [-0.4, -0.2) is 42.2 Å². The summed E-state index contributed by atoms with van der Waals surface area (Å²) in [7, 11) is 1.75. The molecule has 0 bridgehead atoms. The Morgan fingerprint density at radius 2 is 2.17 bits per heavy atom. The van der Waals surface area contributed by atoms with Gasteiger partial charge in [0.05, 0.1) is 11.8 Å². The number of methoxy groups -OCH3 is 1. The first-order chi connectivity index (χ1) is 11.2. The summed E-state index contributed by atoms with van der Waals surface area (Å²) >= 11 is 0. The molecule has 6 heteroatoms. The smallest absolute Gasteiger partial charge is 0.226 e. The van der Waals surface area contributed by atoms with Gasteiger partial charge in [0.25, 0.3) is 0 Å². The highest BCUT2D eigenvalue weighted by molar-refractivity contribution is 5.52. The van der Waals surface area contributed by atoms with Crippen molar-refractivity contribution in [2.24, 2.45) is 5.73 Å². The molecule has 1 fully saturated rings. The van der Waals surface area contributed by atoms with Gasteiger partial charge in [-0.2, -0.15) is 0 Å². The second kappa shape index (κ2) is 7.21. The van der Waals surface area contributed by atoms with Gasteiger partial charge in [-0.1, -0.05) is 0 Å². The average Bonchev–Trinajstić information content (AvgIpc) is 3.04. The van der Waals surface area contributed by atoms with Crippen LogP contribution in [0.4, 0.5) is 4.39 Å². The van der Waals surface area contributed by atoms with Gasteiger partial charge in [-0.05, 0) is 37.1 Å². The third-order valence-electron chi connectivity index (χ3n) is 4.40. The predicted molar refractivity (Wildman–Crippen MR) is 85.2 cm³/mol. The minimum absolute atomic E-state index is 0.271. The van der Waals surface area contributed by atoms with E-state index in [9.17, 15) is 4.39 Å². The molecular weight excluding hydrogens is 297 g/mol. The van der Waals surface area contributed by atoms with E-state index in [0.29, 0.717) is 25.0 Å². The number of piperidine rings is 1. The molecule has 1 aromatic carbocycles. The van der Waals surface area contributed by atoms with E-state index in [2.05, 4.69) is 9.88 Å². The third-order valence-corrected chi connectivity index (χ3v) is 4.40. The summed E-state index contributed by atoms with van der Waals surface area (Å²) in [5, 5.41) is 0. The molecule has 23 heavy (non-hydrogen) atoms. The highest BCUT2D eigenvalue weighted by Crippen LogP contribution is 2.23. The van der Waals surface area contributed by atoms with E-state index < -0.39 is 0 Å². The van der Waals surface area contributed by atoms with Gasteiger partial charge >= 0.3 is 0 Å². The minimum atomic E-state index is -0.271. The van der Waals surface area contributed by atoms with Gasteiger partial charge < -0.3 is 14.9 Å². The molecule has 1 saturated heterocycles. The van der Waals surface area contributed by atoms with E-state index in [0.717, 1.165) is 30.6 Å². The van der Waals surface area contributed by atoms with Crippen LogP contribution in [-0.2, 0) is 11.3 Å². The van der Waals surface area contributed by atoms with E-state index in [-0.39, 0.29) is 11.9 Å². The van der Waals surface area contributed by atoms with Crippen LogP contribution in [0.3, 0.4) is 0 Å². The zero-order valence-corrected chi connectivity index (χ0v) is 13.2. The Hall–Kier alpha value is -1.76. The average molecular weight is 319 g/mol. The molecule has 2 N–H and O–H groups in total. The van der Waals surface area contributed by atoms with E-state index in [1.165, 1.54) is 12.1 Å². The summed E-state index contributed by atoms with van der Waals surface area (Å²) in [6.07, 6.45) is 3.88. The van der Waals surface area contributed by atoms with Gasteiger partial charge in [0.15, 0.2) is 0 Å². The first-order valence-electron chi connectivity index (χ1n) is 7.87. The first kappa shape index (κ1) is 16.1. The molecule has 3 rings (SSSR count). The molecule has 0 aliphatic carbocycles. The molecule has 0 amide bonds. The molecule has 1 aromatic heterocycles. The molecule has 5 nitrogen and oxygen atoms in total. The maximum atomic E-state index is 13.0. The molecule has 2 atom stereocenters. The molecule has 2 unspecified atom stereocenters. The van der Waals surface area contributed by atoms with Gasteiger partial charge in [0.1, 0.15) is 12.1 Å². The molecular formula is C17H22FN3O2. The lowest BCUT2D eigenvalue weighted by Gasteiger charge is -2.37. The highest BCUT2D eigenvalue weighted by atomic mass is 19.1. The molecule has 2 heterocycles. The summed E-state index contributed by atoms with van der Waals surface area (Å²) in [5.41, 5.74) is 7.53. The van der Waals surface area contributed by atoms with Crippen LogP contribution in [0.1, 0.15) is 18.5 Å². The van der Waals surface area contributed by atoms with Crippen LogP contribution in [0.2, 0.25) is 0 Å². The summed E-state index contributed by atoms with van der Waals surface area (Å²) in [4.78, 5) is 6.83. The zero-order chi connectivity index (χ0) is 16.2. The fraction of sp³-hybridized carbons (Fsp3) is 0.471. The van der Waals surface area contributed by atoms with Crippen molar-refractivity contribution in [3.05, 3.63) is 42.0 Å². The fourth-order valence-electron chi connectivity index (χ4n) is 3.04. The van der Waals surface area contributed by atoms with Crippen LogP contribution >= 0.6 is 0 Å². The van der Waals surface area contributed by atoms with Crippen molar-refractivity contribution in [3.63, 3.8) is 0 Å². The standard InChI is InChI=1S/C17H22FN3O2/c1-22-16-6-7-21(15(8-16)9-19)10-14-11-23-17(20-14)12-2-4-13(18)5-3-12/h2-5,11,15-16H,6-10,19H2,1H3. The summed E-state index contributed by atoms with van der Waals surface area (Å²) < 4.78 is 24.0. The molecule has 1 aliphatic rings. The van der Waals surface area contributed by atoms with Gasteiger partial charge in [-0.3, -0.25) is 4.90 Å². The zero-order valence-electron chi connectivity index (χ0n) is 13.2. The number of hydrogen-bond acceptors (Lipinski definition) is 5. The van der Waals surface area contributed by atoms with E-state index in [1.54, 1.807) is 25.5 Å². The van der Waals surface area contributed by atoms with Gasteiger partial charge in [0, 0.05) is 38.3 Å². The number of nitrogens with zero attached hydrogens (tertiary/aromatic N) is 2. The van der Waals surface area contributed by atoms with E-state index in [1.807, 2.05) is 0 Å². The van der Waals surface area contributed by atoms with Gasteiger partial charge in [0.2, 0.25) is 5.89 Å². The Morgan fingerprint density at radius 3 is 2.87 bits per heavy atom. The number of oxazole rings is 1. The quantitative estimate of drug-likeness (QED) is 0.917. The molecule has 1 aliphatic heterocycles. The van der Waals surface area contributed by atoms with Crippen LogP contribution < -0.4 is 5.73 Å². The highest BCUT2D eigenvalue weighted by Gasteiger charge is 2.28. The second-order valence-electron chi connectivity index (χ2n) is 5.89. The molecule has 0 spiro atoms. The Bertz CT molecular complexity index is 629. The number of halogens is 1. The number of hydrogen-bond donors (Lipinski definition) is 1. The summed E-state index contributed by atoms with van der Waals surface area (Å²) in [6.45, 7) is 2.23. The summed E-state index contributed by atoms with van der Waals surface area (Å²) in [6, 6.07) is 6.42. The largest absolute Gasteiger partial charge is 0.444 e. The SMILES string of the molecule is COC1CCN(Cc2coc(-c3ccc(F)cc3)n2)C(CN)C1. The van der Waals surface area contributed by atoms with Crippen LogP contribution in [0, 0.1) is 5.82 Å². The van der Waals surface area contributed by atoms with Gasteiger partial charge in [-0.15, -0.1) is 0 Å². The lowest BCUT2D eigenvalue weighted by molar-refractivity contribution is 0.00978. The number of nitrogens with two attached hydrogens (primary N) is 1. The second-order valence-corrected chi connectivity index (χ2v) is 5.89. The van der Waals surface area contributed by atoms with Crippen molar-refractivity contribution < 1.29 is 13.5 Å². The van der Waals surface area contributed by atoms with Crippen LogP contribution in [0.15, 0.2) is 34.9 Å². The Morgan fingerprint density at radius 1 is 1.39 bits per heavy atom. The number of aromatic nitrogens is 1. The van der Waals surface area contributed by atoms with E-state index in [4.69, 9.17) is 14.9 Å². The van der Waals surface area contributed by atoms with Crippen molar-refractivity contribution in [1.82, 2.24) is 9.88 Å². The van der Waals surface area contributed by atoms with Crippen molar-refractivity contribution in [1.29, 1.82) is 0 Å². The number of ether oxygens (including phenoxy) is 1. The van der Waals surface area contributed by atoms with Crippen molar-refractivity contribution in [2.45, 2.75) is 31.5 Å². The molecule has 0 saturated carbocycles. The molecule has 2 aromatic rings. The third kappa shape index (κ3) is 3.77. The van der Waals surface area contributed by atoms with E-state index >= 15 is 0 Å². The topological polar surface area (TPSA) is 64.5 Å². The van der Waals surface area contributed by atoms with Crippen molar-refractivity contribution >= 4 is 0 Å². The lowest BCUT2D eigenvalue weighted by atomic mass is 9.99. The Labute approximate surface area is 135 Å². The maximum Gasteiger partial charge on any atom is 0.226 e. The normalized spacial score (nSPS) is 22.4. The number of likely N-dealkylation sites (tertiary alicyclic amines) is 1. The molecule has 124 valence electrons. The predicted octanol–water partition coefficient (Wildman–Crippen LogP) is 2.42. The molecule has 0 radical (unpaired) electrons. The number of benzene rings is 1. The maximum absolute atomic E-state index is 13.0.